The molecular formula is C19H14ClF2N3O3. The minimum atomic E-state index is -0.561. The van der Waals surface area contributed by atoms with Crippen LogP contribution < -0.4 is 14.8 Å². The fourth-order valence-corrected chi connectivity index (χ4v) is 3.13. The van der Waals surface area contributed by atoms with E-state index in [0.29, 0.717) is 22.9 Å². The molecule has 2 heterocycles. The Balaban J connectivity index is 1.60. The molecule has 6 nitrogen and oxygen atoms in total. The number of nitrogens with zero attached hydrogens (tertiary/aromatic N) is 2. The number of hydrogen-bond donors (Lipinski definition) is 1. The van der Waals surface area contributed by atoms with E-state index in [0.717, 1.165) is 18.2 Å². The predicted molar refractivity (Wildman–Crippen MR) is 98.0 cm³/mol. The van der Waals surface area contributed by atoms with Gasteiger partial charge in [0.05, 0.1) is 17.8 Å². The number of ether oxygens (including phenoxy) is 2. The van der Waals surface area contributed by atoms with E-state index in [2.05, 4.69) is 10.4 Å². The van der Waals surface area contributed by atoms with Crippen molar-refractivity contribution in [2.24, 2.45) is 0 Å². The van der Waals surface area contributed by atoms with Crippen molar-refractivity contribution in [1.82, 2.24) is 9.78 Å². The normalized spacial score (nSPS) is 12.3. The van der Waals surface area contributed by atoms with Gasteiger partial charge in [0.25, 0.3) is 5.91 Å². The van der Waals surface area contributed by atoms with Gasteiger partial charge < -0.3 is 14.8 Å². The number of carbonyl (C=O) groups excluding carboxylic acids is 1. The number of anilines is 1. The van der Waals surface area contributed by atoms with Crippen molar-refractivity contribution in [3.8, 4) is 11.5 Å². The fourth-order valence-electron chi connectivity index (χ4n) is 2.87. The summed E-state index contributed by atoms with van der Waals surface area (Å²) in [5.41, 5.74) is 1.04. The maximum Gasteiger partial charge on any atom is 0.257 e. The van der Waals surface area contributed by atoms with Gasteiger partial charge in [0, 0.05) is 16.7 Å². The largest absolute Gasteiger partial charge is 0.454 e. The van der Waals surface area contributed by atoms with Crippen molar-refractivity contribution in [3.05, 3.63) is 69.9 Å². The third-order valence-corrected chi connectivity index (χ3v) is 4.55. The van der Waals surface area contributed by atoms with Crippen molar-refractivity contribution in [3.63, 3.8) is 0 Å². The molecule has 1 aromatic heterocycles. The number of aryl methyl sites for hydroxylation is 1. The van der Waals surface area contributed by atoms with Crippen molar-refractivity contribution in [2.75, 3.05) is 12.1 Å². The molecule has 0 fully saturated rings. The van der Waals surface area contributed by atoms with Gasteiger partial charge >= 0.3 is 0 Å². The first-order valence-corrected chi connectivity index (χ1v) is 8.67. The minimum absolute atomic E-state index is 0.0329. The van der Waals surface area contributed by atoms with Gasteiger partial charge in [-0.05, 0) is 37.3 Å². The number of rotatable bonds is 4. The first-order chi connectivity index (χ1) is 13.4. The van der Waals surface area contributed by atoms with E-state index in [1.807, 2.05) is 0 Å². The molecule has 1 aliphatic heterocycles. The molecule has 0 unspecified atom stereocenters. The molecule has 0 radical (unpaired) electrons. The van der Waals surface area contributed by atoms with Crippen LogP contribution in [0.4, 0.5) is 14.6 Å². The van der Waals surface area contributed by atoms with Crippen molar-refractivity contribution >= 4 is 23.3 Å². The van der Waals surface area contributed by atoms with Crippen LogP contribution in [0.5, 0.6) is 11.5 Å². The molecule has 0 saturated heterocycles. The zero-order valence-corrected chi connectivity index (χ0v) is 15.4. The van der Waals surface area contributed by atoms with Gasteiger partial charge in [-0.2, -0.15) is 5.10 Å². The Labute approximate surface area is 163 Å². The Bertz CT molecular complexity index is 1080. The summed E-state index contributed by atoms with van der Waals surface area (Å²) in [5.74, 6) is -0.437. The number of carbonyl (C=O) groups is 1. The molecule has 144 valence electrons. The van der Waals surface area contributed by atoms with Crippen LogP contribution in [0.15, 0.2) is 36.5 Å². The van der Waals surface area contributed by atoms with Crippen LogP contribution >= 0.6 is 11.6 Å². The number of halogens is 3. The smallest absolute Gasteiger partial charge is 0.257 e. The highest BCUT2D eigenvalue weighted by atomic mass is 35.5. The molecule has 1 N–H and O–H groups in total. The standard InChI is InChI=1S/C19H14ClF2N3O3/c1-10-7-23-25(8-12-4-13(21)2-3-15(12)22)18(10)24-19(26)11-5-14(20)17-16(6-11)27-9-28-17/h2-7H,8-9H2,1H3,(H,24,26). The van der Waals surface area contributed by atoms with Gasteiger partial charge in [-0.15, -0.1) is 0 Å². The second kappa shape index (κ2) is 7.12. The summed E-state index contributed by atoms with van der Waals surface area (Å²) < 4.78 is 39.3. The van der Waals surface area contributed by atoms with Crippen LogP contribution in [-0.2, 0) is 6.54 Å². The second-order valence-corrected chi connectivity index (χ2v) is 6.62. The highest BCUT2D eigenvalue weighted by Crippen LogP contribution is 2.40. The van der Waals surface area contributed by atoms with Gasteiger partial charge in [0.2, 0.25) is 6.79 Å². The van der Waals surface area contributed by atoms with Gasteiger partial charge in [-0.1, -0.05) is 11.6 Å². The first kappa shape index (κ1) is 18.2. The van der Waals surface area contributed by atoms with Crippen LogP contribution in [0.25, 0.3) is 0 Å². The Hall–Kier alpha value is -3.13. The lowest BCUT2D eigenvalue weighted by Crippen LogP contribution is -2.17. The molecular weight excluding hydrogens is 392 g/mol. The monoisotopic (exact) mass is 405 g/mol. The third kappa shape index (κ3) is 3.38. The van der Waals surface area contributed by atoms with Gasteiger partial charge in [-0.3, -0.25) is 4.79 Å². The van der Waals surface area contributed by atoms with E-state index in [-0.39, 0.29) is 29.5 Å². The summed E-state index contributed by atoms with van der Waals surface area (Å²) in [4.78, 5) is 12.7. The summed E-state index contributed by atoms with van der Waals surface area (Å²) in [5, 5.41) is 7.14. The van der Waals surface area contributed by atoms with E-state index in [1.54, 1.807) is 6.92 Å². The molecule has 0 bridgehead atoms. The number of benzene rings is 2. The molecule has 0 spiro atoms. The Morgan fingerprint density at radius 2 is 2.11 bits per heavy atom. The maximum absolute atomic E-state index is 14.0. The average Bonchev–Trinajstić information content (AvgIpc) is 3.27. The summed E-state index contributed by atoms with van der Waals surface area (Å²) in [7, 11) is 0. The predicted octanol–water partition coefficient (Wildman–Crippen LogP) is 4.15. The maximum atomic E-state index is 14.0. The third-order valence-electron chi connectivity index (χ3n) is 4.27. The van der Waals surface area contributed by atoms with E-state index in [4.69, 9.17) is 21.1 Å². The second-order valence-electron chi connectivity index (χ2n) is 6.22. The van der Waals surface area contributed by atoms with Gasteiger partial charge in [-0.25, -0.2) is 13.5 Å². The lowest BCUT2D eigenvalue weighted by molar-refractivity contribution is 0.102. The number of fused-ring (bicyclic) bond motifs is 1. The summed E-state index contributed by atoms with van der Waals surface area (Å²) in [6.07, 6.45) is 1.53. The Morgan fingerprint density at radius 1 is 1.29 bits per heavy atom. The number of hydrogen-bond acceptors (Lipinski definition) is 4. The van der Waals surface area contributed by atoms with Crippen molar-refractivity contribution < 1.29 is 23.0 Å². The molecule has 1 aliphatic rings. The highest BCUT2D eigenvalue weighted by Gasteiger charge is 2.22. The summed E-state index contributed by atoms with van der Waals surface area (Å²) in [6, 6.07) is 6.17. The SMILES string of the molecule is Cc1cnn(Cc2cc(F)ccc2F)c1NC(=O)c1cc(Cl)c2c(c1)OCO2. The highest BCUT2D eigenvalue weighted by molar-refractivity contribution is 6.32. The molecule has 3 aromatic rings. The van der Waals surface area contributed by atoms with Crippen LogP contribution in [0.1, 0.15) is 21.5 Å². The average molecular weight is 406 g/mol. The first-order valence-electron chi connectivity index (χ1n) is 8.29. The minimum Gasteiger partial charge on any atom is -0.454 e. The van der Waals surface area contributed by atoms with Crippen LogP contribution in [0.3, 0.4) is 0 Å². The summed E-state index contributed by atoms with van der Waals surface area (Å²) >= 11 is 6.12. The summed E-state index contributed by atoms with van der Waals surface area (Å²) in [6.45, 7) is 1.73. The van der Waals surface area contributed by atoms with E-state index in [9.17, 15) is 13.6 Å². The molecule has 9 heteroatoms. The zero-order valence-electron chi connectivity index (χ0n) is 14.6. The zero-order chi connectivity index (χ0) is 19.8. The molecule has 4 rings (SSSR count). The number of amides is 1. The van der Waals surface area contributed by atoms with Crippen LogP contribution in [0.2, 0.25) is 5.02 Å². The topological polar surface area (TPSA) is 65.4 Å². The van der Waals surface area contributed by atoms with E-state index < -0.39 is 17.5 Å². The van der Waals surface area contributed by atoms with E-state index >= 15 is 0 Å². The number of aromatic nitrogens is 2. The fraction of sp³-hybridized carbons (Fsp3) is 0.158. The van der Waals surface area contributed by atoms with Crippen LogP contribution in [-0.4, -0.2) is 22.5 Å². The van der Waals surface area contributed by atoms with Crippen LogP contribution in [0, 0.1) is 18.6 Å². The van der Waals surface area contributed by atoms with Gasteiger partial charge in [0.1, 0.15) is 17.5 Å². The van der Waals surface area contributed by atoms with Crippen molar-refractivity contribution in [1.29, 1.82) is 0 Å². The molecule has 0 aliphatic carbocycles. The molecule has 0 atom stereocenters. The quantitative estimate of drug-likeness (QED) is 0.708. The Kier molecular flexibility index (Phi) is 4.64. The lowest BCUT2D eigenvalue weighted by Gasteiger charge is -2.12. The molecule has 0 saturated carbocycles. The van der Waals surface area contributed by atoms with Crippen molar-refractivity contribution in [2.45, 2.75) is 13.5 Å². The lowest BCUT2D eigenvalue weighted by atomic mass is 10.2. The van der Waals surface area contributed by atoms with E-state index in [1.165, 1.54) is 23.0 Å². The molecule has 28 heavy (non-hydrogen) atoms. The Morgan fingerprint density at radius 3 is 2.93 bits per heavy atom. The number of nitrogens with one attached hydrogen (secondary N) is 1. The van der Waals surface area contributed by atoms with Gasteiger partial charge in [0.15, 0.2) is 11.5 Å². The molecule has 2 aromatic carbocycles. The molecule has 1 amide bonds.